The van der Waals surface area contributed by atoms with Gasteiger partial charge in [0.25, 0.3) is 0 Å². The van der Waals surface area contributed by atoms with E-state index < -0.39 is 0 Å². The Morgan fingerprint density at radius 1 is 1.10 bits per heavy atom. The van der Waals surface area contributed by atoms with Crippen molar-refractivity contribution in [1.82, 2.24) is 25.0 Å². The molecule has 1 aromatic carbocycles. The first kappa shape index (κ1) is 23.2. The summed E-state index contributed by atoms with van der Waals surface area (Å²) >= 11 is 0. The van der Waals surface area contributed by atoms with E-state index in [4.69, 9.17) is 14.5 Å². The SMILES string of the molecule is CCNC(=NCCCCn1cnnc1)N1CCc2cc(OC)c(OC)cc2C1.I. The van der Waals surface area contributed by atoms with Crippen LogP contribution < -0.4 is 14.8 Å². The van der Waals surface area contributed by atoms with Gasteiger partial charge in [0.05, 0.1) is 14.2 Å². The molecule has 0 saturated carbocycles. The largest absolute Gasteiger partial charge is 0.493 e. The van der Waals surface area contributed by atoms with Crippen molar-refractivity contribution in [2.24, 2.45) is 4.99 Å². The second-order valence-corrected chi connectivity index (χ2v) is 6.79. The zero-order valence-electron chi connectivity index (χ0n) is 17.4. The molecule has 0 radical (unpaired) electrons. The molecular formula is C20H31IN6O2. The van der Waals surface area contributed by atoms with Gasteiger partial charge < -0.3 is 24.3 Å². The highest BCUT2D eigenvalue weighted by Gasteiger charge is 2.21. The van der Waals surface area contributed by atoms with Crippen LogP contribution in [-0.4, -0.2) is 59.5 Å². The van der Waals surface area contributed by atoms with E-state index in [1.165, 1.54) is 11.1 Å². The normalized spacial score (nSPS) is 13.5. The number of hydrogen-bond acceptors (Lipinski definition) is 5. The van der Waals surface area contributed by atoms with Crippen molar-refractivity contribution in [2.75, 3.05) is 33.9 Å². The van der Waals surface area contributed by atoms with Crippen molar-refractivity contribution >= 4 is 29.9 Å². The maximum absolute atomic E-state index is 5.47. The third kappa shape index (κ3) is 6.22. The molecule has 1 N–H and O–H groups in total. The van der Waals surface area contributed by atoms with Gasteiger partial charge in [-0.3, -0.25) is 4.99 Å². The van der Waals surface area contributed by atoms with Gasteiger partial charge in [-0.05, 0) is 49.4 Å². The predicted molar refractivity (Wildman–Crippen MR) is 124 cm³/mol. The standard InChI is InChI=1S/C20H30N6O2.HI/c1-4-21-20(22-8-5-6-9-25-14-23-24-15-25)26-10-7-16-11-18(27-2)19(28-3)12-17(16)13-26;/h11-12,14-15H,4-10,13H2,1-3H3,(H,21,22);1H. The summed E-state index contributed by atoms with van der Waals surface area (Å²) in [6, 6.07) is 4.18. The van der Waals surface area contributed by atoms with Gasteiger partial charge in [-0.2, -0.15) is 0 Å². The lowest BCUT2D eigenvalue weighted by atomic mass is 9.99. The molecule has 0 spiro atoms. The number of unbranched alkanes of at least 4 members (excludes halogenated alkanes) is 1. The van der Waals surface area contributed by atoms with Gasteiger partial charge in [0, 0.05) is 32.7 Å². The lowest BCUT2D eigenvalue weighted by molar-refractivity contribution is 0.346. The number of ether oxygens (including phenoxy) is 2. The first-order valence-electron chi connectivity index (χ1n) is 9.84. The van der Waals surface area contributed by atoms with E-state index in [0.717, 1.165) is 69.4 Å². The van der Waals surface area contributed by atoms with Gasteiger partial charge >= 0.3 is 0 Å². The smallest absolute Gasteiger partial charge is 0.194 e. The number of aromatic nitrogens is 3. The monoisotopic (exact) mass is 514 g/mol. The average molecular weight is 514 g/mol. The van der Waals surface area contributed by atoms with E-state index in [2.05, 4.69) is 39.5 Å². The van der Waals surface area contributed by atoms with Gasteiger partial charge in [0.15, 0.2) is 17.5 Å². The van der Waals surface area contributed by atoms with Crippen LogP contribution in [0.2, 0.25) is 0 Å². The third-order valence-corrected chi connectivity index (χ3v) is 4.91. The van der Waals surface area contributed by atoms with Crippen molar-refractivity contribution < 1.29 is 9.47 Å². The van der Waals surface area contributed by atoms with E-state index in [-0.39, 0.29) is 24.0 Å². The number of hydrogen-bond donors (Lipinski definition) is 1. The van der Waals surface area contributed by atoms with Crippen molar-refractivity contribution in [1.29, 1.82) is 0 Å². The summed E-state index contributed by atoms with van der Waals surface area (Å²) in [5, 5.41) is 11.1. The molecular weight excluding hydrogens is 483 g/mol. The predicted octanol–water partition coefficient (Wildman–Crippen LogP) is 2.72. The molecule has 2 heterocycles. The number of fused-ring (bicyclic) bond motifs is 1. The first-order chi connectivity index (χ1) is 13.7. The maximum atomic E-state index is 5.47. The van der Waals surface area contributed by atoms with Gasteiger partial charge in [-0.25, -0.2) is 0 Å². The summed E-state index contributed by atoms with van der Waals surface area (Å²) < 4.78 is 12.9. The quantitative estimate of drug-likeness (QED) is 0.253. The third-order valence-electron chi connectivity index (χ3n) is 4.91. The van der Waals surface area contributed by atoms with Gasteiger partial charge in [-0.15, -0.1) is 34.2 Å². The van der Waals surface area contributed by atoms with E-state index in [1.54, 1.807) is 26.9 Å². The van der Waals surface area contributed by atoms with Crippen LogP contribution in [-0.2, 0) is 19.5 Å². The van der Waals surface area contributed by atoms with E-state index in [0.29, 0.717) is 0 Å². The highest BCUT2D eigenvalue weighted by molar-refractivity contribution is 14.0. The summed E-state index contributed by atoms with van der Waals surface area (Å²) in [5.74, 6) is 2.55. The second kappa shape index (κ2) is 11.8. The molecule has 0 aliphatic carbocycles. The summed E-state index contributed by atoms with van der Waals surface area (Å²) in [7, 11) is 3.36. The van der Waals surface area contributed by atoms with E-state index in [9.17, 15) is 0 Å². The van der Waals surface area contributed by atoms with Crippen LogP contribution in [0.5, 0.6) is 11.5 Å². The molecule has 160 valence electrons. The zero-order valence-corrected chi connectivity index (χ0v) is 19.8. The highest BCUT2D eigenvalue weighted by atomic mass is 127. The molecule has 29 heavy (non-hydrogen) atoms. The van der Waals surface area contributed by atoms with Crippen LogP contribution in [0.1, 0.15) is 30.9 Å². The fourth-order valence-electron chi connectivity index (χ4n) is 3.42. The maximum Gasteiger partial charge on any atom is 0.194 e. The van der Waals surface area contributed by atoms with Crippen LogP contribution >= 0.6 is 24.0 Å². The molecule has 0 unspecified atom stereocenters. The molecule has 2 aromatic rings. The number of nitrogens with one attached hydrogen (secondary N) is 1. The Morgan fingerprint density at radius 3 is 2.45 bits per heavy atom. The Labute approximate surface area is 189 Å². The Kier molecular flexibility index (Phi) is 9.49. The zero-order chi connectivity index (χ0) is 19.8. The molecule has 0 bridgehead atoms. The molecule has 3 rings (SSSR count). The Balaban J connectivity index is 0.00000300. The minimum atomic E-state index is 0. The minimum absolute atomic E-state index is 0. The number of halogens is 1. The first-order valence-corrected chi connectivity index (χ1v) is 9.84. The molecule has 0 atom stereocenters. The highest BCUT2D eigenvalue weighted by Crippen LogP contribution is 2.33. The molecule has 0 amide bonds. The number of guanidine groups is 1. The molecule has 9 heteroatoms. The number of aliphatic imine (C=N–C) groups is 1. The Morgan fingerprint density at radius 2 is 1.79 bits per heavy atom. The lowest BCUT2D eigenvalue weighted by Gasteiger charge is -2.32. The summed E-state index contributed by atoms with van der Waals surface area (Å²) in [4.78, 5) is 7.16. The van der Waals surface area contributed by atoms with E-state index >= 15 is 0 Å². The van der Waals surface area contributed by atoms with E-state index in [1.807, 2.05) is 4.57 Å². The van der Waals surface area contributed by atoms with Crippen LogP contribution in [0.15, 0.2) is 29.8 Å². The van der Waals surface area contributed by atoms with Crippen LogP contribution in [0.25, 0.3) is 0 Å². The fourth-order valence-corrected chi connectivity index (χ4v) is 3.42. The number of benzene rings is 1. The number of methoxy groups -OCH3 is 2. The topological polar surface area (TPSA) is 76.8 Å². The molecule has 0 saturated heterocycles. The van der Waals surface area contributed by atoms with Gasteiger partial charge in [0.1, 0.15) is 12.7 Å². The molecule has 0 fully saturated rings. The van der Waals surface area contributed by atoms with Crippen LogP contribution in [0.3, 0.4) is 0 Å². The van der Waals surface area contributed by atoms with Gasteiger partial charge in [0.2, 0.25) is 0 Å². The molecule has 1 aliphatic rings. The van der Waals surface area contributed by atoms with Crippen molar-refractivity contribution in [3.8, 4) is 11.5 Å². The van der Waals surface area contributed by atoms with Crippen molar-refractivity contribution in [3.05, 3.63) is 35.9 Å². The second-order valence-electron chi connectivity index (χ2n) is 6.79. The number of nitrogens with zero attached hydrogens (tertiary/aromatic N) is 5. The molecule has 1 aliphatic heterocycles. The lowest BCUT2D eigenvalue weighted by Crippen LogP contribution is -2.44. The number of rotatable bonds is 8. The Hall–Kier alpha value is -2.04. The van der Waals surface area contributed by atoms with Gasteiger partial charge in [-0.1, -0.05) is 0 Å². The van der Waals surface area contributed by atoms with Crippen molar-refractivity contribution in [3.63, 3.8) is 0 Å². The van der Waals surface area contributed by atoms with Crippen molar-refractivity contribution in [2.45, 2.75) is 39.3 Å². The summed E-state index contributed by atoms with van der Waals surface area (Å²) in [6.45, 7) is 6.46. The average Bonchev–Trinajstić information content (AvgIpc) is 3.24. The number of aryl methyl sites for hydroxylation is 1. The summed E-state index contributed by atoms with van der Waals surface area (Å²) in [6.07, 6.45) is 6.56. The minimum Gasteiger partial charge on any atom is -0.493 e. The molecule has 8 nitrogen and oxygen atoms in total. The van der Waals surface area contributed by atoms with Crippen LogP contribution in [0, 0.1) is 0 Å². The Bertz CT molecular complexity index is 782. The summed E-state index contributed by atoms with van der Waals surface area (Å²) in [5.41, 5.74) is 2.58. The molecule has 1 aromatic heterocycles. The van der Waals surface area contributed by atoms with Crippen LogP contribution in [0.4, 0.5) is 0 Å². The fraction of sp³-hybridized carbons (Fsp3) is 0.550.